The van der Waals surface area contributed by atoms with E-state index in [2.05, 4.69) is 43.5 Å². The molecule has 0 aliphatic carbocycles. The van der Waals surface area contributed by atoms with Gasteiger partial charge in [-0.05, 0) is 38.5 Å². The molecule has 260 valence electrons. The molecular formula is C35H69N2O6P. The van der Waals surface area contributed by atoms with Crippen molar-refractivity contribution in [3.05, 3.63) is 24.3 Å². The number of allylic oxidation sites excluding steroid dienone is 4. The number of aliphatic hydroxyl groups is 1. The summed E-state index contributed by atoms with van der Waals surface area (Å²) in [6, 6.07) is -0.777. The molecule has 0 fully saturated rings. The number of phosphoric ester groups is 1. The van der Waals surface area contributed by atoms with Gasteiger partial charge in [0.15, 0.2) is 0 Å². The number of rotatable bonds is 33. The SMILES string of the molecule is CCCC/C=C\C/C=C\CCCCCCCC(=O)NC(COP(=O)(O)OCCN)C(O)CCCCCCCCCCCCC. The third-order valence-corrected chi connectivity index (χ3v) is 8.79. The standard InChI is InChI=1S/C35H69N2O6P/c1-3-5-7-9-11-13-15-16-17-19-21-23-25-27-29-35(39)37-33(32-43-44(40,41)42-31-30-36)34(38)28-26-24-22-20-18-14-12-10-8-6-4-2/h9,11,15-16,33-34,38H,3-8,10,12-14,17-32,36H2,1-2H3,(H,37,39)(H,40,41)/b11-9-,16-15-. The Hall–Kier alpha value is -1.02. The lowest BCUT2D eigenvalue weighted by Gasteiger charge is -2.25. The van der Waals surface area contributed by atoms with E-state index in [1.807, 2.05) is 0 Å². The van der Waals surface area contributed by atoms with Crippen molar-refractivity contribution in [2.24, 2.45) is 5.73 Å². The van der Waals surface area contributed by atoms with Gasteiger partial charge in [-0.1, -0.05) is 141 Å². The second kappa shape index (κ2) is 31.9. The highest BCUT2D eigenvalue weighted by Gasteiger charge is 2.27. The Morgan fingerprint density at radius 1 is 0.750 bits per heavy atom. The fourth-order valence-electron chi connectivity index (χ4n) is 5.03. The van der Waals surface area contributed by atoms with Crippen molar-refractivity contribution >= 4 is 13.7 Å². The van der Waals surface area contributed by atoms with Crippen LogP contribution in [0.1, 0.15) is 162 Å². The lowest BCUT2D eigenvalue weighted by molar-refractivity contribution is -0.123. The molecule has 0 aromatic heterocycles. The fraction of sp³-hybridized carbons (Fsp3) is 0.857. The fourth-order valence-corrected chi connectivity index (χ4v) is 5.79. The predicted molar refractivity (Wildman–Crippen MR) is 185 cm³/mol. The van der Waals surface area contributed by atoms with Gasteiger partial charge in [0.25, 0.3) is 0 Å². The van der Waals surface area contributed by atoms with Crippen LogP contribution < -0.4 is 11.1 Å². The van der Waals surface area contributed by atoms with Gasteiger partial charge in [-0.3, -0.25) is 13.8 Å². The molecule has 8 nitrogen and oxygen atoms in total. The number of unbranched alkanes of at least 4 members (excludes halogenated alkanes) is 17. The Bertz CT molecular complexity index is 749. The number of carbonyl (C=O) groups is 1. The Labute approximate surface area is 270 Å². The van der Waals surface area contributed by atoms with Crippen LogP contribution in [0.4, 0.5) is 0 Å². The number of nitrogens with two attached hydrogens (primary N) is 1. The molecule has 0 aliphatic heterocycles. The zero-order chi connectivity index (χ0) is 32.6. The van der Waals surface area contributed by atoms with E-state index in [-0.39, 0.29) is 25.7 Å². The number of phosphoric acid groups is 1. The molecule has 3 unspecified atom stereocenters. The average molecular weight is 645 g/mol. The largest absolute Gasteiger partial charge is 0.472 e. The summed E-state index contributed by atoms with van der Waals surface area (Å²) in [6.45, 7) is 4.12. The van der Waals surface area contributed by atoms with Crippen LogP contribution >= 0.6 is 7.82 Å². The summed E-state index contributed by atoms with van der Waals surface area (Å²) >= 11 is 0. The number of aliphatic hydroxyl groups excluding tert-OH is 1. The predicted octanol–water partition coefficient (Wildman–Crippen LogP) is 9.05. The third-order valence-electron chi connectivity index (χ3n) is 7.81. The van der Waals surface area contributed by atoms with Crippen LogP contribution in [0.25, 0.3) is 0 Å². The Balaban J connectivity index is 4.31. The molecule has 0 spiro atoms. The molecule has 5 N–H and O–H groups in total. The van der Waals surface area contributed by atoms with Crippen LogP contribution in [-0.2, 0) is 18.4 Å². The lowest BCUT2D eigenvalue weighted by Crippen LogP contribution is -2.46. The molecule has 0 aliphatic rings. The van der Waals surface area contributed by atoms with Gasteiger partial charge in [-0.15, -0.1) is 0 Å². The van der Waals surface area contributed by atoms with Gasteiger partial charge < -0.3 is 21.1 Å². The average Bonchev–Trinajstić information content (AvgIpc) is 3.01. The van der Waals surface area contributed by atoms with Gasteiger partial charge in [0.1, 0.15) is 0 Å². The minimum Gasteiger partial charge on any atom is -0.391 e. The second-order valence-corrected chi connectivity index (χ2v) is 13.5. The maximum atomic E-state index is 12.7. The number of hydrogen-bond acceptors (Lipinski definition) is 6. The van der Waals surface area contributed by atoms with Crippen LogP contribution in [0.2, 0.25) is 0 Å². The van der Waals surface area contributed by atoms with Crippen LogP contribution in [0.5, 0.6) is 0 Å². The van der Waals surface area contributed by atoms with Gasteiger partial charge in [0.05, 0.1) is 25.4 Å². The van der Waals surface area contributed by atoms with Crippen molar-refractivity contribution in [1.29, 1.82) is 0 Å². The van der Waals surface area contributed by atoms with E-state index in [1.54, 1.807) is 0 Å². The minimum atomic E-state index is -4.31. The molecule has 0 aromatic rings. The molecule has 3 atom stereocenters. The number of amides is 1. The van der Waals surface area contributed by atoms with E-state index < -0.39 is 20.0 Å². The Morgan fingerprint density at radius 2 is 1.27 bits per heavy atom. The van der Waals surface area contributed by atoms with Crippen molar-refractivity contribution < 1.29 is 28.4 Å². The van der Waals surface area contributed by atoms with Gasteiger partial charge in [-0.25, -0.2) is 4.57 Å². The lowest BCUT2D eigenvalue weighted by atomic mass is 10.0. The van der Waals surface area contributed by atoms with Crippen molar-refractivity contribution in [2.75, 3.05) is 19.8 Å². The molecule has 0 aromatic carbocycles. The number of nitrogens with one attached hydrogen (secondary N) is 1. The summed E-state index contributed by atoms with van der Waals surface area (Å²) in [4.78, 5) is 22.5. The molecule has 1 amide bonds. The van der Waals surface area contributed by atoms with Crippen molar-refractivity contribution in [1.82, 2.24) is 5.32 Å². The Morgan fingerprint density at radius 3 is 1.86 bits per heavy atom. The quantitative estimate of drug-likeness (QED) is 0.0318. The van der Waals surface area contributed by atoms with Crippen molar-refractivity contribution in [2.45, 2.75) is 174 Å². The molecular weight excluding hydrogens is 575 g/mol. The third kappa shape index (κ3) is 29.7. The molecule has 9 heteroatoms. The summed E-state index contributed by atoms with van der Waals surface area (Å²) < 4.78 is 22.0. The van der Waals surface area contributed by atoms with E-state index in [9.17, 15) is 19.4 Å². The molecule has 0 bridgehead atoms. The Kier molecular flexibility index (Phi) is 31.2. The van der Waals surface area contributed by atoms with E-state index in [1.165, 1.54) is 70.6 Å². The zero-order valence-electron chi connectivity index (χ0n) is 28.4. The van der Waals surface area contributed by atoms with E-state index >= 15 is 0 Å². The van der Waals surface area contributed by atoms with Crippen LogP contribution in [-0.4, -0.2) is 47.8 Å². The van der Waals surface area contributed by atoms with Gasteiger partial charge in [0.2, 0.25) is 5.91 Å². The smallest absolute Gasteiger partial charge is 0.391 e. The van der Waals surface area contributed by atoms with Crippen molar-refractivity contribution in [3.8, 4) is 0 Å². The number of carbonyl (C=O) groups excluding carboxylic acids is 1. The van der Waals surface area contributed by atoms with Gasteiger partial charge in [-0.2, -0.15) is 0 Å². The van der Waals surface area contributed by atoms with E-state index in [0.29, 0.717) is 12.8 Å². The maximum absolute atomic E-state index is 12.7. The van der Waals surface area contributed by atoms with E-state index in [0.717, 1.165) is 64.2 Å². The highest BCUT2D eigenvalue weighted by molar-refractivity contribution is 7.47. The first kappa shape index (κ1) is 43.0. The van der Waals surface area contributed by atoms with Crippen LogP contribution in [0.3, 0.4) is 0 Å². The normalized spacial score (nSPS) is 14.8. The summed E-state index contributed by atoms with van der Waals surface area (Å²) in [5.74, 6) is -0.179. The molecule has 0 heterocycles. The first-order valence-corrected chi connectivity index (χ1v) is 19.4. The molecule has 0 saturated heterocycles. The van der Waals surface area contributed by atoms with Crippen LogP contribution in [0.15, 0.2) is 24.3 Å². The van der Waals surface area contributed by atoms with E-state index in [4.69, 9.17) is 14.8 Å². The summed E-state index contributed by atoms with van der Waals surface area (Å²) in [7, 11) is -4.31. The highest BCUT2D eigenvalue weighted by Crippen LogP contribution is 2.43. The molecule has 0 rings (SSSR count). The second-order valence-electron chi connectivity index (χ2n) is 12.1. The van der Waals surface area contributed by atoms with Crippen molar-refractivity contribution in [3.63, 3.8) is 0 Å². The maximum Gasteiger partial charge on any atom is 0.472 e. The summed E-state index contributed by atoms with van der Waals surface area (Å²) in [6.07, 6.45) is 33.2. The first-order chi connectivity index (χ1) is 21.4. The molecule has 0 saturated carbocycles. The van der Waals surface area contributed by atoms with Gasteiger partial charge >= 0.3 is 7.82 Å². The topological polar surface area (TPSA) is 131 Å². The minimum absolute atomic E-state index is 0.0864. The molecule has 0 radical (unpaired) electrons. The number of hydrogen-bond donors (Lipinski definition) is 4. The first-order valence-electron chi connectivity index (χ1n) is 18.0. The highest BCUT2D eigenvalue weighted by atomic mass is 31.2. The molecule has 44 heavy (non-hydrogen) atoms. The monoisotopic (exact) mass is 644 g/mol. The van der Waals surface area contributed by atoms with Crippen LogP contribution in [0, 0.1) is 0 Å². The zero-order valence-corrected chi connectivity index (χ0v) is 29.3. The van der Waals surface area contributed by atoms with Gasteiger partial charge in [0, 0.05) is 13.0 Å². The summed E-state index contributed by atoms with van der Waals surface area (Å²) in [5.41, 5.74) is 5.35. The summed E-state index contributed by atoms with van der Waals surface area (Å²) in [5, 5.41) is 13.7.